The Balaban J connectivity index is 1.84. The van der Waals surface area contributed by atoms with Gasteiger partial charge in [0.2, 0.25) is 0 Å². The van der Waals surface area contributed by atoms with Gasteiger partial charge in [0.05, 0.1) is 0 Å². The highest BCUT2D eigenvalue weighted by atomic mass is 15.2. The van der Waals surface area contributed by atoms with Crippen LogP contribution in [0.5, 0.6) is 0 Å². The van der Waals surface area contributed by atoms with Crippen molar-refractivity contribution in [3.63, 3.8) is 0 Å². The molecule has 2 heteroatoms. The van der Waals surface area contributed by atoms with E-state index in [2.05, 4.69) is 31.0 Å². The summed E-state index contributed by atoms with van der Waals surface area (Å²) in [6, 6.07) is 1.67. The van der Waals surface area contributed by atoms with E-state index in [0.717, 1.165) is 23.9 Å². The molecule has 0 aromatic heterocycles. The predicted molar refractivity (Wildman–Crippen MR) is 69.6 cm³/mol. The van der Waals surface area contributed by atoms with Gasteiger partial charge >= 0.3 is 0 Å². The molecule has 16 heavy (non-hydrogen) atoms. The van der Waals surface area contributed by atoms with E-state index < -0.39 is 0 Å². The highest BCUT2D eigenvalue weighted by Gasteiger charge is 2.40. The highest BCUT2D eigenvalue weighted by Crippen LogP contribution is 2.38. The van der Waals surface area contributed by atoms with Crippen LogP contribution in [0.3, 0.4) is 0 Å². The van der Waals surface area contributed by atoms with Crippen molar-refractivity contribution < 1.29 is 0 Å². The minimum atomic E-state index is 0.737. The fourth-order valence-electron chi connectivity index (χ4n) is 3.17. The molecule has 2 aliphatic rings. The van der Waals surface area contributed by atoms with Gasteiger partial charge in [0.25, 0.3) is 0 Å². The summed E-state index contributed by atoms with van der Waals surface area (Å²) in [6.45, 7) is 10.8. The molecule has 2 rings (SSSR count). The van der Waals surface area contributed by atoms with Crippen LogP contribution in [0.4, 0.5) is 0 Å². The summed E-state index contributed by atoms with van der Waals surface area (Å²) in [5, 5.41) is 3.72. The van der Waals surface area contributed by atoms with Crippen molar-refractivity contribution in [1.29, 1.82) is 0 Å². The standard InChI is InChI=1S/C14H28N2/c1-4-12-9-14(12)16-7-5-6-15-13(10-16)8-11(2)3/h11-15H,4-10H2,1-3H3. The molecule has 0 amide bonds. The zero-order valence-corrected chi connectivity index (χ0v) is 11.2. The minimum Gasteiger partial charge on any atom is -0.313 e. The lowest BCUT2D eigenvalue weighted by molar-refractivity contribution is 0.235. The second kappa shape index (κ2) is 5.50. The van der Waals surface area contributed by atoms with Crippen molar-refractivity contribution in [1.82, 2.24) is 10.2 Å². The summed E-state index contributed by atoms with van der Waals surface area (Å²) in [7, 11) is 0. The van der Waals surface area contributed by atoms with Gasteiger partial charge in [-0.3, -0.25) is 4.90 Å². The van der Waals surface area contributed by atoms with E-state index in [0.29, 0.717) is 0 Å². The molecule has 3 atom stereocenters. The van der Waals surface area contributed by atoms with E-state index in [-0.39, 0.29) is 0 Å². The normalized spacial score (nSPS) is 36.4. The largest absolute Gasteiger partial charge is 0.313 e. The molecule has 1 aliphatic heterocycles. The number of hydrogen-bond acceptors (Lipinski definition) is 2. The summed E-state index contributed by atoms with van der Waals surface area (Å²) in [5.74, 6) is 1.83. The third-order valence-electron chi connectivity index (χ3n) is 4.14. The molecular weight excluding hydrogens is 196 g/mol. The van der Waals surface area contributed by atoms with Crippen molar-refractivity contribution in [2.45, 2.75) is 58.5 Å². The van der Waals surface area contributed by atoms with Crippen molar-refractivity contribution >= 4 is 0 Å². The van der Waals surface area contributed by atoms with E-state index in [1.807, 2.05) is 0 Å². The first-order chi connectivity index (χ1) is 7.70. The van der Waals surface area contributed by atoms with Crippen LogP contribution in [0.15, 0.2) is 0 Å². The van der Waals surface area contributed by atoms with Crippen LogP contribution in [0, 0.1) is 11.8 Å². The summed E-state index contributed by atoms with van der Waals surface area (Å²) < 4.78 is 0. The first kappa shape index (κ1) is 12.4. The molecule has 0 aromatic carbocycles. The smallest absolute Gasteiger partial charge is 0.0197 e. The van der Waals surface area contributed by atoms with E-state index in [1.54, 1.807) is 0 Å². The van der Waals surface area contributed by atoms with Gasteiger partial charge in [-0.1, -0.05) is 27.2 Å². The lowest BCUT2D eigenvalue weighted by atomic mass is 10.0. The number of nitrogens with zero attached hydrogens (tertiary/aromatic N) is 1. The maximum atomic E-state index is 3.72. The fourth-order valence-corrected chi connectivity index (χ4v) is 3.17. The van der Waals surface area contributed by atoms with Crippen LogP contribution in [-0.2, 0) is 0 Å². The molecule has 3 unspecified atom stereocenters. The van der Waals surface area contributed by atoms with Crippen molar-refractivity contribution in [2.75, 3.05) is 19.6 Å². The number of rotatable bonds is 4. The van der Waals surface area contributed by atoms with E-state index in [4.69, 9.17) is 0 Å². The lowest BCUT2D eigenvalue weighted by Crippen LogP contribution is -2.39. The highest BCUT2D eigenvalue weighted by molar-refractivity contribution is 4.96. The number of hydrogen-bond donors (Lipinski definition) is 1. The Morgan fingerprint density at radius 1 is 1.38 bits per heavy atom. The third kappa shape index (κ3) is 3.21. The zero-order chi connectivity index (χ0) is 11.5. The zero-order valence-electron chi connectivity index (χ0n) is 11.2. The van der Waals surface area contributed by atoms with Gasteiger partial charge in [-0.15, -0.1) is 0 Å². The molecule has 0 spiro atoms. The maximum Gasteiger partial charge on any atom is 0.0197 e. The van der Waals surface area contributed by atoms with Crippen LogP contribution < -0.4 is 5.32 Å². The molecule has 1 N–H and O–H groups in total. The van der Waals surface area contributed by atoms with Crippen molar-refractivity contribution in [3.8, 4) is 0 Å². The maximum absolute atomic E-state index is 3.72. The summed E-state index contributed by atoms with van der Waals surface area (Å²) >= 11 is 0. The van der Waals surface area contributed by atoms with Crippen molar-refractivity contribution in [2.24, 2.45) is 11.8 Å². The van der Waals surface area contributed by atoms with Gasteiger partial charge in [-0.25, -0.2) is 0 Å². The topological polar surface area (TPSA) is 15.3 Å². The Morgan fingerprint density at radius 2 is 2.19 bits per heavy atom. The third-order valence-corrected chi connectivity index (χ3v) is 4.14. The summed E-state index contributed by atoms with van der Waals surface area (Å²) in [6.07, 6.45) is 5.51. The second-order valence-electron chi connectivity index (χ2n) is 6.10. The van der Waals surface area contributed by atoms with Gasteiger partial charge in [-0.2, -0.15) is 0 Å². The van der Waals surface area contributed by atoms with E-state index in [9.17, 15) is 0 Å². The van der Waals surface area contributed by atoms with E-state index in [1.165, 1.54) is 45.3 Å². The van der Waals surface area contributed by atoms with Gasteiger partial charge in [0, 0.05) is 18.6 Å². The Kier molecular flexibility index (Phi) is 4.26. The van der Waals surface area contributed by atoms with Crippen LogP contribution >= 0.6 is 0 Å². The Morgan fingerprint density at radius 3 is 2.81 bits per heavy atom. The van der Waals surface area contributed by atoms with Crippen LogP contribution in [0.25, 0.3) is 0 Å². The van der Waals surface area contributed by atoms with E-state index >= 15 is 0 Å². The SMILES string of the molecule is CCC1CC1N1CCCNC(CC(C)C)C1. The van der Waals surface area contributed by atoms with Crippen LogP contribution in [-0.4, -0.2) is 36.6 Å². The molecule has 0 bridgehead atoms. The molecule has 0 radical (unpaired) electrons. The molecule has 2 fully saturated rings. The number of nitrogens with one attached hydrogen (secondary N) is 1. The molecular formula is C14H28N2. The van der Waals surface area contributed by atoms with Crippen molar-refractivity contribution in [3.05, 3.63) is 0 Å². The monoisotopic (exact) mass is 224 g/mol. The summed E-state index contributed by atoms with van der Waals surface area (Å²) in [4.78, 5) is 2.77. The average molecular weight is 224 g/mol. The summed E-state index contributed by atoms with van der Waals surface area (Å²) in [5.41, 5.74) is 0. The second-order valence-corrected chi connectivity index (χ2v) is 6.10. The Hall–Kier alpha value is -0.0800. The van der Waals surface area contributed by atoms with Crippen LogP contribution in [0.2, 0.25) is 0 Å². The first-order valence-corrected chi connectivity index (χ1v) is 7.18. The Bertz CT molecular complexity index is 215. The fraction of sp³-hybridized carbons (Fsp3) is 1.00. The molecule has 2 nitrogen and oxygen atoms in total. The van der Waals surface area contributed by atoms with Gasteiger partial charge in [0.1, 0.15) is 0 Å². The first-order valence-electron chi connectivity index (χ1n) is 7.18. The lowest BCUT2D eigenvalue weighted by Gasteiger charge is -2.25. The molecule has 1 heterocycles. The van der Waals surface area contributed by atoms with Gasteiger partial charge in [0.15, 0.2) is 0 Å². The quantitative estimate of drug-likeness (QED) is 0.789. The van der Waals surface area contributed by atoms with Gasteiger partial charge in [-0.05, 0) is 44.2 Å². The average Bonchev–Trinajstić information content (AvgIpc) is 2.98. The van der Waals surface area contributed by atoms with Gasteiger partial charge < -0.3 is 5.32 Å². The molecule has 0 aromatic rings. The predicted octanol–water partition coefficient (Wildman–Crippen LogP) is 2.49. The molecule has 94 valence electrons. The minimum absolute atomic E-state index is 0.737. The molecule has 1 saturated carbocycles. The van der Waals surface area contributed by atoms with Crippen LogP contribution in [0.1, 0.15) is 46.5 Å². The Labute approximate surface area is 101 Å². The molecule has 1 saturated heterocycles. The molecule has 1 aliphatic carbocycles.